The number of fused-ring (bicyclic) bond motifs is 1. The molecule has 0 aliphatic heterocycles. The van der Waals surface area contributed by atoms with Gasteiger partial charge in [0.15, 0.2) is 0 Å². The van der Waals surface area contributed by atoms with Crippen LogP contribution < -0.4 is 5.73 Å². The number of thiol groups is 1. The summed E-state index contributed by atoms with van der Waals surface area (Å²) < 4.78 is 1.46. The molecule has 0 bridgehead atoms. The van der Waals surface area contributed by atoms with Gasteiger partial charge in [0.2, 0.25) is 11.9 Å². The van der Waals surface area contributed by atoms with Gasteiger partial charge in [0.05, 0.1) is 11.0 Å². The van der Waals surface area contributed by atoms with E-state index in [0.29, 0.717) is 12.2 Å². The maximum atomic E-state index is 11.9. The number of rotatable bonds is 3. The summed E-state index contributed by atoms with van der Waals surface area (Å²) in [6.07, 6.45) is 0.402. The Kier molecular flexibility index (Phi) is 3.40. The maximum Gasteiger partial charge on any atom is 0.234 e. The zero-order chi connectivity index (χ0) is 11.5. The van der Waals surface area contributed by atoms with E-state index >= 15 is 0 Å². The van der Waals surface area contributed by atoms with E-state index in [4.69, 9.17) is 5.73 Å². The van der Waals surface area contributed by atoms with Gasteiger partial charge in [-0.15, -0.1) is 11.7 Å². The molecular formula is C10H11N3OS2. The first kappa shape index (κ1) is 11.3. The van der Waals surface area contributed by atoms with Crippen molar-refractivity contribution in [1.82, 2.24) is 9.55 Å². The number of anilines is 1. The molecule has 2 aromatic rings. The number of carbonyl (C=O) groups excluding carboxylic acids is 1. The molecule has 0 unspecified atom stereocenters. The molecule has 1 aromatic carbocycles. The summed E-state index contributed by atoms with van der Waals surface area (Å²) in [7, 11) is 1.34. The van der Waals surface area contributed by atoms with E-state index < -0.39 is 0 Å². The quantitative estimate of drug-likeness (QED) is 0.650. The summed E-state index contributed by atoms with van der Waals surface area (Å²) in [6.45, 7) is 0. The highest BCUT2D eigenvalue weighted by atomic mass is 33.1. The fourth-order valence-corrected chi connectivity index (χ4v) is 2.09. The summed E-state index contributed by atoms with van der Waals surface area (Å²) in [5.41, 5.74) is 7.23. The topological polar surface area (TPSA) is 60.9 Å². The Morgan fingerprint density at radius 1 is 1.50 bits per heavy atom. The van der Waals surface area contributed by atoms with Crippen molar-refractivity contribution in [3.63, 3.8) is 0 Å². The van der Waals surface area contributed by atoms with Crippen LogP contribution in [0.3, 0.4) is 0 Å². The first-order valence-electron chi connectivity index (χ1n) is 4.76. The molecule has 4 nitrogen and oxygen atoms in total. The minimum atomic E-state index is -0.0484. The maximum absolute atomic E-state index is 11.9. The number of nitrogens with two attached hydrogens (primary N) is 1. The summed E-state index contributed by atoms with van der Waals surface area (Å²) in [4.78, 5) is 16.0. The van der Waals surface area contributed by atoms with Crippen molar-refractivity contribution < 1.29 is 4.79 Å². The van der Waals surface area contributed by atoms with Gasteiger partial charge in [0, 0.05) is 12.2 Å². The van der Waals surface area contributed by atoms with Gasteiger partial charge in [-0.2, -0.15) is 0 Å². The van der Waals surface area contributed by atoms with Crippen LogP contribution in [0.2, 0.25) is 0 Å². The molecule has 0 saturated heterocycles. The molecule has 0 amide bonds. The van der Waals surface area contributed by atoms with Gasteiger partial charge in [-0.25, -0.2) is 9.55 Å². The van der Waals surface area contributed by atoms with Gasteiger partial charge < -0.3 is 5.73 Å². The van der Waals surface area contributed by atoms with Gasteiger partial charge in [-0.1, -0.05) is 22.9 Å². The van der Waals surface area contributed by atoms with Crippen LogP contribution >= 0.6 is 22.5 Å². The first-order valence-corrected chi connectivity index (χ1v) is 6.80. The Bertz CT molecular complexity index is 524. The normalized spacial score (nSPS) is 10.8. The first-order chi connectivity index (χ1) is 7.74. The minimum absolute atomic E-state index is 0.0484. The summed E-state index contributed by atoms with van der Waals surface area (Å²) in [5.74, 6) is 0.858. The number of imidazole rings is 1. The Balaban J connectivity index is 2.43. The van der Waals surface area contributed by atoms with Gasteiger partial charge in [0.1, 0.15) is 0 Å². The van der Waals surface area contributed by atoms with Gasteiger partial charge in [0.25, 0.3) is 0 Å². The number of para-hydroxylation sites is 2. The Hall–Kier alpha value is -1.14. The van der Waals surface area contributed by atoms with Crippen LogP contribution in [0.4, 0.5) is 5.95 Å². The lowest BCUT2D eigenvalue weighted by molar-refractivity contribution is 0.0918. The van der Waals surface area contributed by atoms with Crippen molar-refractivity contribution >= 4 is 45.3 Å². The number of hydrogen-bond donors (Lipinski definition) is 2. The van der Waals surface area contributed by atoms with Crippen LogP contribution in [0.5, 0.6) is 0 Å². The molecule has 0 fully saturated rings. The van der Waals surface area contributed by atoms with E-state index in [0.717, 1.165) is 11.0 Å². The fraction of sp³-hybridized carbons (Fsp3) is 0.200. The van der Waals surface area contributed by atoms with Crippen LogP contribution in [-0.2, 0) is 0 Å². The molecule has 0 atom stereocenters. The van der Waals surface area contributed by atoms with Crippen LogP contribution in [0.25, 0.3) is 11.0 Å². The molecule has 0 saturated carbocycles. The Morgan fingerprint density at radius 2 is 2.25 bits per heavy atom. The summed E-state index contributed by atoms with van der Waals surface area (Å²) in [5, 5.41) is 0. The second-order valence-corrected chi connectivity index (χ2v) is 4.71. The Labute approximate surface area is 102 Å². The predicted octanol–water partition coefficient (Wildman–Crippen LogP) is 2.23. The number of aromatic nitrogens is 2. The molecule has 0 aliphatic rings. The fourth-order valence-electron chi connectivity index (χ4n) is 1.55. The molecule has 6 heteroatoms. The summed E-state index contributed by atoms with van der Waals surface area (Å²) >= 11 is 4.00. The predicted molar refractivity (Wildman–Crippen MR) is 70.8 cm³/mol. The van der Waals surface area contributed by atoms with Crippen LogP contribution in [0.15, 0.2) is 24.3 Å². The molecule has 1 aromatic heterocycles. The molecule has 0 radical (unpaired) electrons. The largest absolute Gasteiger partial charge is 0.369 e. The van der Waals surface area contributed by atoms with Crippen molar-refractivity contribution in [2.75, 3.05) is 11.5 Å². The molecule has 16 heavy (non-hydrogen) atoms. The highest BCUT2D eigenvalue weighted by Crippen LogP contribution is 2.18. The SMILES string of the molecule is Nc1nc2ccccc2n1C(=O)CCSS. The standard InChI is InChI=1S/C10H11N3OS2/c11-10-12-7-3-1-2-4-8(7)13(10)9(14)5-6-16-15/h1-4,15H,5-6H2,(H2,11,12). The third-order valence-corrected chi connectivity index (χ3v) is 3.18. The van der Waals surface area contributed by atoms with E-state index in [1.165, 1.54) is 15.4 Å². The third-order valence-electron chi connectivity index (χ3n) is 2.24. The van der Waals surface area contributed by atoms with Gasteiger partial charge in [-0.3, -0.25) is 4.79 Å². The summed E-state index contributed by atoms with van der Waals surface area (Å²) in [6, 6.07) is 7.40. The van der Waals surface area contributed by atoms with Crippen molar-refractivity contribution in [1.29, 1.82) is 0 Å². The van der Waals surface area contributed by atoms with Crippen LogP contribution in [0, 0.1) is 0 Å². The number of nitrogen functional groups attached to an aromatic ring is 1. The van der Waals surface area contributed by atoms with E-state index in [1.807, 2.05) is 24.3 Å². The highest BCUT2D eigenvalue weighted by molar-refractivity contribution is 8.68. The highest BCUT2D eigenvalue weighted by Gasteiger charge is 2.13. The lowest BCUT2D eigenvalue weighted by Gasteiger charge is -2.03. The van der Waals surface area contributed by atoms with E-state index in [1.54, 1.807) is 0 Å². The lowest BCUT2D eigenvalue weighted by atomic mass is 10.3. The molecule has 0 spiro atoms. The van der Waals surface area contributed by atoms with Gasteiger partial charge >= 0.3 is 0 Å². The number of nitrogens with zero attached hydrogens (tertiary/aromatic N) is 2. The molecule has 0 aliphatic carbocycles. The van der Waals surface area contributed by atoms with Crippen molar-refractivity contribution in [2.24, 2.45) is 0 Å². The average molecular weight is 253 g/mol. The molecule has 84 valence electrons. The van der Waals surface area contributed by atoms with Crippen molar-refractivity contribution in [3.8, 4) is 0 Å². The zero-order valence-corrected chi connectivity index (χ0v) is 10.2. The molecule has 2 rings (SSSR count). The Morgan fingerprint density at radius 3 is 3.00 bits per heavy atom. The van der Waals surface area contributed by atoms with Crippen LogP contribution in [0.1, 0.15) is 11.2 Å². The van der Waals surface area contributed by atoms with Gasteiger partial charge in [-0.05, 0) is 12.1 Å². The number of hydrogen-bond acceptors (Lipinski definition) is 5. The van der Waals surface area contributed by atoms with E-state index in [2.05, 4.69) is 16.6 Å². The third kappa shape index (κ3) is 2.03. The van der Waals surface area contributed by atoms with E-state index in [-0.39, 0.29) is 11.9 Å². The minimum Gasteiger partial charge on any atom is -0.369 e. The zero-order valence-electron chi connectivity index (χ0n) is 8.46. The monoisotopic (exact) mass is 253 g/mol. The number of carbonyl (C=O) groups is 1. The molecule has 1 heterocycles. The van der Waals surface area contributed by atoms with E-state index in [9.17, 15) is 4.79 Å². The second kappa shape index (κ2) is 4.80. The second-order valence-electron chi connectivity index (χ2n) is 3.27. The van der Waals surface area contributed by atoms with Crippen molar-refractivity contribution in [2.45, 2.75) is 6.42 Å². The van der Waals surface area contributed by atoms with Crippen LogP contribution in [-0.4, -0.2) is 21.2 Å². The molecule has 2 N–H and O–H groups in total. The van der Waals surface area contributed by atoms with Crippen molar-refractivity contribution in [3.05, 3.63) is 24.3 Å². The number of benzene rings is 1. The lowest BCUT2D eigenvalue weighted by Crippen LogP contribution is -2.13. The molecular weight excluding hydrogens is 242 g/mol. The average Bonchev–Trinajstić information content (AvgIpc) is 2.62. The smallest absolute Gasteiger partial charge is 0.234 e.